The van der Waals surface area contributed by atoms with Crippen molar-refractivity contribution >= 4 is 11.8 Å². The van der Waals surface area contributed by atoms with Crippen LogP contribution in [0.2, 0.25) is 0 Å². The van der Waals surface area contributed by atoms with Crippen molar-refractivity contribution < 1.29 is 9.59 Å². The summed E-state index contributed by atoms with van der Waals surface area (Å²) in [6, 6.07) is 2.90. The SMILES string of the molecule is NC(=O)CN1CCC(NC(=O)c2ccc(=O)[nH]c2)CC1. The first-order valence-corrected chi connectivity index (χ1v) is 6.55. The maximum absolute atomic E-state index is 12.0. The van der Waals surface area contributed by atoms with Crippen LogP contribution in [0.25, 0.3) is 0 Å². The molecule has 1 fully saturated rings. The highest BCUT2D eigenvalue weighted by molar-refractivity contribution is 5.94. The van der Waals surface area contributed by atoms with Gasteiger partial charge in [-0.05, 0) is 18.9 Å². The number of piperidine rings is 1. The number of nitrogens with two attached hydrogens (primary N) is 1. The highest BCUT2D eigenvalue weighted by Crippen LogP contribution is 2.10. The molecule has 2 heterocycles. The molecule has 7 heteroatoms. The summed E-state index contributed by atoms with van der Waals surface area (Å²) in [6.07, 6.45) is 2.96. The maximum atomic E-state index is 12.0. The third kappa shape index (κ3) is 3.92. The van der Waals surface area contributed by atoms with Crippen LogP contribution in [-0.2, 0) is 4.79 Å². The van der Waals surface area contributed by atoms with Gasteiger partial charge in [-0.25, -0.2) is 0 Å². The second-order valence-electron chi connectivity index (χ2n) is 4.93. The zero-order valence-corrected chi connectivity index (χ0v) is 11.1. The van der Waals surface area contributed by atoms with E-state index in [1.807, 2.05) is 4.90 Å². The van der Waals surface area contributed by atoms with Gasteiger partial charge in [0.25, 0.3) is 5.91 Å². The van der Waals surface area contributed by atoms with Gasteiger partial charge in [0.15, 0.2) is 0 Å². The average Bonchev–Trinajstić information content (AvgIpc) is 2.41. The van der Waals surface area contributed by atoms with Crippen molar-refractivity contribution in [1.82, 2.24) is 15.2 Å². The first-order valence-electron chi connectivity index (χ1n) is 6.55. The number of nitrogens with one attached hydrogen (secondary N) is 2. The van der Waals surface area contributed by atoms with Crippen LogP contribution in [0.3, 0.4) is 0 Å². The molecule has 108 valence electrons. The predicted octanol–water partition coefficient (Wildman–Crippen LogP) is -0.946. The lowest BCUT2D eigenvalue weighted by molar-refractivity contribution is -0.119. The first-order chi connectivity index (χ1) is 9.54. The predicted molar refractivity (Wildman–Crippen MR) is 73.2 cm³/mol. The van der Waals surface area contributed by atoms with E-state index >= 15 is 0 Å². The van der Waals surface area contributed by atoms with Gasteiger partial charge >= 0.3 is 0 Å². The molecule has 1 saturated heterocycles. The van der Waals surface area contributed by atoms with Crippen LogP contribution >= 0.6 is 0 Å². The molecule has 20 heavy (non-hydrogen) atoms. The third-order valence-corrected chi connectivity index (χ3v) is 3.35. The fraction of sp³-hybridized carbons (Fsp3) is 0.462. The van der Waals surface area contributed by atoms with E-state index in [2.05, 4.69) is 10.3 Å². The number of primary amides is 1. The summed E-state index contributed by atoms with van der Waals surface area (Å²) < 4.78 is 0. The summed E-state index contributed by atoms with van der Waals surface area (Å²) >= 11 is 0. The Morgan fingerprint density at radius 1 is 1.35 bits per heavy atom. The molecule has 4 N–H and O–H groups in total. The summed E-state index contributed by atoms with van der Waals surface area (Å²) in [5, 5.41) is 2.92. The van der Waals surface area contributed by atoms with E-state index in [1.165, 1.54) is 18.3 Å². The zero-order valence-electron chi connectivity index (χ0n) is 11.1. The Labute approximate surface area is 116 Å². The van der Waals surface area contributed by atoms with Crippen LogP contribution in [0.1, 0.15) is 23.2 Å². The molecule has 1 aliphatic heterocycles. The Balaban J connectivity index is 1.83. The maximum Gasteiger partial charge on any atom is 0.252 e. The van der Waals surface area contributed by atoms with E-state index in [0.717, 1.165) is 25.9 Å². The van der Waals surface area contributed by atoms with Gasteiger partial charge in [-0.3, -0.25) is 19.3 Å². The van der Waals surface area contributed by atoms with Gasteiger partial charge in [-0.2, -0.15) is 0 Å². The fourth-order valence-corrected chi connectivity index (χ4v) is 2.28. The van der Waals surface area contributed by atoms with Crippen LogP contribution in [-0.4, -0.2) is 47.4 Å². The second-order valence-corrected chi connectivity index (χ2v) is 4.93. The number of likely N-dealkylation sites (tertiary alicyclic amines) is 1. The summed E-state index contributed by atoms with van der Waals surface area (Å²) in [7, 11) is 0. The van der Waals surface area contributed by atoms with Gasteiger partial charge in [-0.15, -0.1) is 0 Å². The van der Waals surface area contributed by atoms with Gasteiger partial charge in [-0.1, -0.05) is 0 Å². The van der Waals surface area contributed by atoms with Crippen molar-refractivity contribution in [2.45, 2.75) is 18.9 Å². The van der Waals surface area contributed by atoms with Crippen LogP contribution in [0, 0.1) is 0 Å². The number of pyridine rings is 1. The topological polar surface area (TPSA) is 108 Å². The molecule has 2 rings (SSSR count). The molecule has 0 aliphatic carbocycles. The quantitative estimate of drug-likeness (QED) is 0.660. The number of carbonyl (C=O) groups excluding carboxylic acids is 2. The Morgan fingerprint density at radius 3 is 2.60 bits per heavy atom. The summed E-state index contributed by atoms with van der Waals surface area (Å²) in [6.45, 7) is 1.74. The van der Waals surface area contributed by atoms with E-state index < -0.39 is 0 Å². The summed E-state index contributed by atoms with van der Waals surface area (Å²) in [5.74, 6) is -0.532. The number of aromatic amines is 1. The molecule has 1 aromatic heterocycles. The summed E-state index contributed by atoms with van der Waals surface area (Å²) in [4.78, 5) is 38.2. The summed E-state index contributed by atoms with van der Waals surface area (Å²) in [5.41, 5.74) is 5.35. The fourth-order valence-electron chi connectivity index (χ4n) is 2.28. The Bertz CT molecular complexity index is 526. The second kappa shape index (κ2) is 6.33. The molecule has 0 atom stereocenters. The number of nitrogens with zero attached hydrogens (tertiary/aromatic N) is 1. The lowest BCUT2D eigenvalue weighted by atomic mass is 10.0. The lowest BCUT2D eigenvalue weighted by Gasteiger charge is -2.31. The number of amides is 2. The Kier molecular flexibility index (Phi) is 4.52. The average molecular weight is 278 g/mol. The molecule has 0 aromatic carbocycles. The van der Waals surface area contributed by atoms with Gasteiger partial charge in [0, 0.05) is 31.4 Å². The van der Waals surface area contributed by atoms with E-state index in [1.54, 1.807) is 0 Å². The number of aromatic nitrogens is 1. The number of rotatable bonds is 4. The van der Waals surface area contributed by atoms with Crippen LogP contribution < -0.4 is 16.6 Å². The standard InChI is InChI=1S/C13H18N4O3/c14-11(18)8-17-5-3-10(4-6-17)16-13(20)9-1-2-12(19)15-7-9/h1-2,7,10H,3-6,8H2,(H2,14,18)(H,15,19)(H,16,20). The van der Waals surface area contributed by atoms with Crippen molar-refractivity contribution in [2.24, 2.45) is 5.73 Å². The molecular formula is C13H18N4O3. The monoisotopic (exact) mass is 278 g/mol. The first kappa shape index (κ1) is 14.3. The van der Waals surface area contributed by atoms with E-state index in [-0.39, 0.29) is 30.0 Å². The van der Waals surface area contributed by atoms with Crippen molar-refractivity contribution in [2.75, 3.05) is 19.6 Å². The van der Waals surface area contributed by atoms with Gasteiger partial charge in [0.2, 0.25) is 11.5 Å². The van der Waals surface area contributed by atoms with Crippen molar-refractivity contribution in [3.63, 3.8) is 0 Å². The van der Waals surface area contributed by atoms with Crippen molar-refractivity contribution in [1.29, 1.82) is 0 Å². The molecule has 0 saturated carbocycles. The molecule has 0 radical (unpaired) electrons. The minimum absolute atomic E-state index is 0.0820. The molecule has 0 unspecified atom stereocenters. The molecule has 0 spiro atoms. The van der Waals surface area contributed by atoms with Crippen molar-refractivity contribution in [3.05, 3.63) is 34.2 Å². The molecule has 2 amide bonds. The van der Waals surface area contributed by atoms with Gasteiger partial charge < -0.3 is 16.0 Å². The van der Waals surface area contributed by atoms with E-state index in [9.17, 15) is 14.4 Å². The number of H-pyrrole nitrogens is 1. The molecule has 0 bridgehead atoms. The number of carbonyl (C=O) groups is 2. The Hall–Kier alpha value is -2.15. The highest BCUT2D eigenvalue weighted by atomic mass is 16.2. The van der Waals surface area contributed by atoms with Crippen molar-refractivity contribution in [3.8, 4) is 0 Å². The molecular weight excluding hydrogens is 260 g/mol. The van der Waals surface area contributed by atoms with Crippen LogP contribution in [0.15, 0.2) is 23.1 Å². The van der Waals surface area contributed by atoms with Gasteiger partial charge in [0.1, 0.15) is 0 Å². The number of hydrogen-bond donors (Lipinski definition) is 3. The molecule has 1 aliphatic rings. The minimum atomic E-state index is -0.333. The Morgan fingerprint density at radius 2 is 2.05 bits per heavy atom. The van der Waals surface area contributed by atoms with Crippen LogP contribution in [0.4, 0.5) is 0 Å². The molecule has 1 aromatic rings. The molecule has 7 nitrogen and oxygen atoms in total. The third-order valence-electron chi connectivity index (χ3n) is 3.35. The number of hydrogen-bond acceptors (Lipinski definition) is 4. The van der Waals surface area contributed by atoms with Gasteiger partial charge in [0.05, 0.1) is 12.1 Å². The van der Waals surface area contributed by atoms with Crippen LogP contribution in [0.5, 0.6) is 0 Å². The van der Waals surface area contributed by atoms with E-state index in [0.29, 0.717) is 5.56 Å². The largest absolute Gasteiger partial charge is 0.369 e. The zero-order chi connectivity index (χ0) is 14.5. The lowest BCUT2D eigenvalue weighted by Crippen LogP contribution is -2.46. The smallest absolute Gasteiger partial charge is 0.252 e. The normalized spacial score (nSPS) is 16.8. The highest BCUT2D eigenvalue weighted by Gasteiger charge is 2.21. The van der Waals surface area contributed by atoms with E-state index in [4.69, 9.17) is 5.73 Å². The minimum Gasteiger partial charge on any atom is -0.369 e.